The molecule has 2 aromatic heterocycles. The Labute approximate surface area is 172 Å². The van der Waals surface area contributed by atoms with E-state index in [0.29, 0.717) is 30.1 Å². The van der Waals surface area contributed by atoms with Gasteiger partial charge in [-0.15, -0.1) is 11.3 Å². The molecule has 0 fully saturated rings. The fraction of sp³-hybridized carbons (Fsp3) is 0.263. The molecular formula is C19H19ClN2O4S2. The lowest BCUT2D eigenvalue weighted by Crippen LogP contribution is -2.31. The number of sulfonamides is 1. The first-order valence-corrected chi connectivity index (χ1v) is 11.6. The van der Waals surface area contributed by atoms with Crippen molar-refractivity contribution < 1.29 is 18.3 Å². The van der Waals surface area contributed by atoms with E-state index < -0.39 is 16.0 Å². The number of fused-ring (bicyclic) bond motifs is 1. The number of carboxylic acid groups (broad SMARTS) is 1. The van der Waals surface area contributed by atoms with Gasteiger partial charge in [0, 0.05) is 21.8 Å². The number of thiophene rings is 1. The smallest absolute Gasteiger partial charge is 0.345 e. The molecule has 3 aromatic rings. The van der Waals surface area contributed by atoms with Gasteiger partial charge < -0.3 is 5.11 Å². The van der Waals surface area contributed by atoms with Crippen LogP contribution in [0, 0.1) is 0 Å². The van der Waals surface area contributed by atoms with Crippen molar-refractivity contribution in [2.24, 2.45) is 0 Å². The number of nitrogens with zero attached hydrogens (tertiary/aromatic N) is 2. The summed E-state index contributed by atoms with van der Waals surface area (Å²) < 4.78 is 25.8. The monoisotopic (exact) mass is 438 g/mol. The molecule has 0 atom stereocenters. The van der Waals surface area contributed by atoms with Crippen LogP contribution >= 0.6 is 22.9 Å². The van der Waals surface area contributed by atoms with E-state index >= 15 is 0 Å². The van der Waals surface area contributed by atoms with Gasteiger partial charge in [-0.25, -0.2) is 13.2 Å². The Bertz CT molecular complexity index is 1110. The first kappa shape index (κ1) is 20.7. The fourth-order valence-electron chi connectivity index (χ4n) is 2.83. The minimum Gasteiger partial charge on any atom is -0.477 e. The van der Waals surface area contributed by atoms with Crippen LogP contribution in [-0.2, 0) is 23.0 Å². The number of aryl methyl sites for hydroxylation is 1. The van der Waals surface area contributed by atoms with E-state index in [1.54, 1.807) is 24.3 Å². The minimum absolute atomic E-state index is 0.183. The van der Waals surface area contributed by atoms with Gasteiger partial charge in [-0.05, 0) is 49.2 Å². The molecule has 0 amide bonds. The molecule has 28 heavy (non-hydrogen) atoms. The van der Waals surface area contributed by atoms with Gasteiger partial charge >= 0.3 is 5.97 Å². The Morgan fingerprint density at radius 1 is 1.21 bits per heavy atom. The van der Waals surface area contributed by atoms with Crippen LogP contribution in [0.25, 0.3) is 10.9 Å². The predicted molar refractivity (Wildman–Crippen MR) is 112 cm³/mol. The number of carboxylic acids is 1. The second kappa shape index (κ2) is 8.57. The molecule has 1 aromatic carbocycles. The molecule has 3 rings (SSSR count). The van der Waals surface area contributed by atoms with Crippen LogP contribution in [-0.4, -0.2) is 41.6 Å². The Hall–Kier alpha value is -2.00. The molecule has 0 saturated heterocycles. The number of hydrogen-bond donors (Lipinski definition) is 1. The summed E-state index contributed by atoms with van der Waals surface area (Å²) >= 11 is 7.20. The van der Waals surface area contributed by atoms with E-state index in [4.69, 9.17) is 16.7 Å². The van der Waals surface area contributed by atoms with Crippen molar-refractivity contribution >= 4 is 49.8 Å². The van der Waals surface area contributed by atoms with E-state index in [9.17, 15) is 13.2 Å². The molecule has 6 nitrogen and oxygen atoms in total. The Morgan fingerprint density at radius 3 is 2.68 bits per heavy atom. The average Bonchev–Trinajstić information content (AvgIpc) is 3.09. The molecular weight excluding hydrogens is 420 g/mol. The molecule has 0 bridgehead atoms. The summed E-state index contributed by atoms with van der Waals surface area (Å²) in [5.74, 6) is -0.947. The minimum atomic E-state index is -3.40. The highest BCUT2D eigenvalue weighted by atomic mass is 35.5. The van der Waals surface area contributed by atoms with Gasteiger partial charge in [0.25, 0.3) is 0 Å². The van der Waals surface area contributed by atoms with Gasteiger partial charge in [-0.2, -0.15) is 4.31 Å². The highest BCUT2D eigenvalue weighted by Gasteiger charge is 2.18. The summed E-state index contributed by atoms with van der Waals surface area (Å²) in [5, 5.41) is 10.5. The van der Waals surface area contributed by atoms with Crippen LogP contribution in [0.4, 0.5) is 0 Å². The SMILES string of the molecule is CS(=O)(=O)N(CCCc1ccc(C(=O)O)s1)Cc1ccc2cc(Cl)ccc2n1. The maximum absolute atomic E-state index is 12.2. The molecule has 0 spiro atoms. The third kappa shape index (κ3) is 5.29. The lowest BCUT2D eigenvalue weighted by atomic mass is 10.2. The summed E-state index contributed by atoms with van der Waals surface area (Å²) in [4.78, 5) is 16.7. The van der Waals surface area contributed by atoms with Crippen molar-refractivity contribution in [1.82, 2.24) is 9.29 Å². The van der Waals surface area contributed by atoms with Crippen molar-refractivity contribution in [2.75, 3.05) is 12.8 Å². The van der Waals surface area contributed by atoms with Gasteiger partial charge in [0.2, 0.25) is 10.0 Å². The maximum atomic E-state index is 12.2. The number of carbonyl (C=O) groups is 1. The summed E-state index contributed by atoms with van der Waals surface area (Å²) in [6.07, 6.45) is 2.39. The number of pyridine rings is 1. The molecule has 0 aliphatic carbocycles. The Balaban J connectivity index is 1.68. The Morgan fingerprint density at radius 2 is 2.00 bits per heavy atom. The number of halogens is 1. The van der Waals surface area contributed by atoms with Crippen molar-refractivity contribution in [1.29, 1.82) is 0 Å². The quantitative estimate of drug-likeness (QED) is 0.573. The fourth-order valence-corrected chi connectivity index (χ4v) is 4.72. The largest absolute Gasteiger partial charge is 0.477 e. The second-order valence-corrected chi connectivity index (χ2v) is 10.00. The number of benzene rings is 1. The third-order valence-corrected chi connectivity index (χ3v) is 6.84. The van der Waals surface area contributed by atoms with E-state index in [2.05, 4.69) is 4.98 Å². The van der Waals surface area contributed by atoms with Crippen molar-refractivity contribution in [2.45, 2.75) is 19.4 Å². The van der Waals surface area contributed by atoms with E-state index in [-0.39, 0.29) is 11.4 Å². The van der Waals surface area contributed by atoms with E-state index in [0.717, 1.165) is 15.8 Å². The van der Waals surface area contributed by atoms with E-state index in [1.165, 1.54) is 21.9 Å². The molecule has 0 unspecified atom stereocenters. The first-order chi connectivity index (χ1) is 13.2. The van der Waals surface area contributed by atoms with Crippen molar-refractivity contribution in [3.05, 3.63) is 62.9 Å². The number of rotatable bonds is 8. The summed E-state index contributed by atoms with van der Waals surface area (Å²) in [6, 6.07) is 12.4. The molecule has 0 aliphatic rings. The van der Waals surface area contributed by atoms with Crippen LogP contribution in [0.1, 0.15) is 26.7 Å². The molecule has 1 N–H and O–H groups in total. The number of aromatic nitrogens is 1. The second-order valence-electron chi connectivity index (χ2n) is 6.41. The topological polar surface area (TPSA) is 87.6 Å². The van der Waals surface area contributed by atoms with Gasteiger partial charge in [-0.1, -0.05) is 17.7 Å². The zero-order chi connectivity index (χ0) is 20.3. The van der Waals surface area contributed by atoms with Crippen LogP contribution in [0.15, 0.2) is 42.5 Å². The molecule has 2 heterocycles. The zero-order valence-electron chi connectivity index (χ0n) is 15.1. The highest BCUT2D eigenvalue weighted by Crippen LogP contribution is 2.20. The molecule has 148 valence electrons. The Kier molecular flexibility index (Phi) is 6.34. The molecule has 0 radical (unpaired) electrons. The number of aromatic carboxylic acids is 1. The van der Waals surface area contributed by atoms with Crippen LogP contribution in [0.5, 0.6) is 0 Å². The van der Waals surface area contributed by atoms with Crippen LogP contribution in [0.3, 0.4) is 0 Å². The standard InChI is InChI=1S/C19H19ClN2O4S2/c1-28(25,26)22(10-2-3-16-7-9-18(27-16)19(23)24)12-15-6-4-13-11-14(20)5-8-17(13)21-15/h4-9,11H,2-3,10,12H2,1H3,(H,23,24). The van der Waals surface area contributed by atoms with Crippen LogP contribution in [0.2, 0.25) is 5.02 Å². The average molecular weight is 439 g/mol. The third-order valence-electron chi connectivity index (χ3n) is 4.22. The van der Waals surface area contributed by atoms with E-state index in [1.807, 2.05) is 18.2 Å². The lowest BCUT2D eigenvalue weighted by molar-refractivity contribution is 0.0702. The van der Waals surface area contributed by atoms with Crippen molar-refractivity contribution in [3.8, 4) is 0 Å². The molecule has 0 saturated carbocycles. The predicted octanol–water partition coefficient (Wildman–Crippen LogP) is 4.04. The maximum Gasteiger partial charge on any atom is 0.345 e. The normalized spacial score (nSPS) is 12.0. The summed E-state index contributed by atoms with van der Waals surface area (Å²) in [5.41, 5.74) is 1.42. The highest BCUT2D eigenvalue weighted by molar-refractivity contribution is 7.88. The van der Waals surface area contributed by atoms with Crippen LogP contribution < -0.4 is 0 Å². The van der Waals surface area contributed by atoms with Gasteiger partial charge in [-0.3, -0.25) is 4.98 Å². The molecule has 9 heteroatoms. The van der Waals surface area contributed by atoms with Gasteiger partial charge in [0.1, 0.15) is 4.88 Å². The van der Waals surface area contributed by atoms with Crippen molar-refractivity contribution in [3.63, 3.8) is 0 Å². The number of hydrogen-bond acceptors (Lipinski definition) is 5. The summed E-state index contributed by atoms with van der Waals surface area (Å²) in [6.45, 7) is 0.516. The van der Waals surface area contributed by atoms with Gasteiger partial charge in [0.15, 0.2) is 0 Å². The first-order valence-electron chi connectivity index (χ1n) is 8.55. The summed E-state index contributed by atoms with van der Waals surface area (Å²) in [7, 11) is -3.40. The molecule has 0 aliphatic heterocycles. The van der Waals surface area contributed by atoms with Gasteiger partial charge in [0.05, 0.1) is 24.0 Å². The zero-order valence-corrected chi connectivity index (χ0v) is 17.5. The lowest BCUT2D eigenvalue weighted by Gasteiger charge is -2.19.